The molecule has 0 N–H and O–H groups in total. The molecule has 6 rings (SSSR count). The monoisotopic (exact) mass is 606 g/mol. The Hall–Kier alpha value is -4.88. The maximum Gasteiger partial charge on any atom is 0.118 e. The standard InChI is InChI=1S/C21H20O.C20H18.2C2H6/c1-21(17-9-5-3-6-10-17,18-11-7-4-8-12-18)19-13-15-20(22-2)16-14-19;1-20(17-11-5-2-6-12-17,18-13-7-3-8-14-18)19-15-9-4-10-16-19;2*1-2/h3-16H,1-2H3;2-16H,1H3;2*1-2H3. The maximum atomic E-state index is 5.29. The molecule has 0 aromatic heterocycles. The Labute approximate surface area is 278 Å². The van der Waals surface area contributed by atoms with Crippen LogP contribution in [0.25, 0.3) is 0 Å². The van der Waals surface area contributed by atoms with Crippen molar-refractivity contribution in [1.29, 1.82) is 0 Å². The predicted molar refractivity (Wildman–Crippen MR) is 199 cm³/mol. The highest BCUT2D eigenvalue weighted by Gasteiger charge is 2.31. The Kier molecular flexibility index (Phi) is 14.1. The summed E-state index contributed by atoms with van der Waals surface area (Å²) in [6, 6.07) is 61.8. The van der Waals surface area contributed by atoms with Crippen LogP contribution in [0, 0.1) is 0 Å². The molecule has 0 atom stereocenters. The summed E-state index contributed by atoms with van der Waals surface area (Å²) in [4.78, 5) is 0. The molecule has 1 heteroatoms. The van der Waals surface area contributed by atoms with Crippen molar-refractivity contribution in [3.8, 4) is 5.75 Å². The number of rotatable bonds is 7. The number of benzene rings is 6. The highest BCUT2D eigenvalue weighted by atomic mass is 16.5. The van der Waals surface area contributed by atoms with Crippen molar-refractivity contribution in [3.05, 3.63) is 209 Å². The molecule has 0 aliphatic rings. The van der Waals surface area contributed by atoms with E-state index in [9.17, 15) is 0 Å². The van der Waals surface area contributed by atoms with Crippen LogP contribution in [-0.2, 0) is 10.8 Å². The van der Waals surface area contributed by atoms with Gasteiger partial charge in [-0.3, -0.25) is 0 Å². The summed E-state index contributed by atoms with van der Waals surface area (Å²) in [5, 5.41) is 0. The first kappa shape index (κ1) is 35.6. The molecule has 1 nitrogen and oxygen atoms in total. The minimum atomic E-state index is -0.186. The lowest BCUT2D eigenvalue weighted by Gasteiger charge is -2.32. The molecule has 46 heavy (non-hydrogen) atoms. The van der Waals surface area contributed by atoms with Gasteiger partial charge in [0.15, 0.2) is 0 Å². The van der Waals surface area contributed by atoms with Gasteiger partial charge in [0.2, 0.25) is 0 Å². The van der Waals surface area contributed by atoms with Crippen LogP contribution in [0.3, 0.4) is 0 Å². The van der Waals surface area contributed by atoms with E-state index in [0.717, 1.165) is 5.75 Å². The van der Waals surface area contributed by atoms with E-state index in [-0.39, 0.29) is 10.8 Å². The van der Waals surface area contributed by atoms with Crippen molar-refractivity contribution in [2.45, 2.75) is 52.4 Å². The normalized spacial score (nSPS) is 10.5. The largest absolute Gasteiger partial charge is 0.497 e. The molecule has 0 aliphatic heterocycles. The number of hydrogen-bond acceptors (Lipinski definition) is 1. The van der Waals surface area contributed by atoms with Crippen LogP contribution in [0.15, 0.2) is 176 Å². The van der Waals surface area contributed by atoms with Gasteiger partial charge < -0.3 is 4.74 Å². The molecule has 0 aliphatic carbocycles. The summed E-state index contributed by atoms with van der Waals surface area (Å²) in [6.45, 7) is 12.6. The second kappa shape index (κ2) is 18.2. The average Bonchev–Trinajstić information content (AvgIpc) is 3.18. The van der Waals surface area contributed by atoms with Gasteiger partial charge in [-0.15, -0.1) is 0 Å². The van der Waals surface area contributed by atoms with Crippen molar-refractivity contribution in [1.82, 2.24) is 0 Å². The maximum absolute atomic E-state index is 5.29. The summed E-state index contributed by atoms with van der Waals surface area (Å²) >= 11 is 0. The third-order valence-corrected chi connectivity index (χ3v) is 8.42. The Morgan fingerprint density at radius 2 is 0.500 bits per heavy atom. The molecule has 0 heterocycles. The molecule has 0 fully saturated rings. The Balaban J connectivity index is 0.000000227. The number of methoxy groups -OCH3 is 1. The van der Waals surface area contributed by atoms with Crippen molar-refractivity contribution in [3.63, 3.8) is 0 Å². The summed E-state index contributed by atoms with van der Waals surface area (Å²) < 4.78 is 5.29. The summed E-state index contributed by atoms with van der Waals surface area (Å²) in [5.41, 5.74) is 7.47. The molecular weight excluding hydrogens is 556 g/mol. The van der Waals surface area contributed by atoms with Crippen molar-refractivity contribution in [2.24, 2.45) is 0 Å². The van der Waals surface area contributed by atoms with E-state index < -0.39 is 0 Å². The first-order valence-electron chi connectivity index (χ1n) is 16.5. The SMILES string of the molecule is CC.CC.CC(c1ccccc1)(c1ccccc1)c1ccccc1.COc1ccc(C(C)(c2ccccc2)c2ccccc2)cc1. The van der Waals surface area contributed by atoms with Gasteiger partial charge in [0.1, 0.15) is 5.75 Å². The van der Waals surface area contributed by atoms with Crippen LogP contribution < -0.4 is 4.74 Å². The minimum Gasteiger partial charge on any atom is -0.497 e. The highest BCUT2D eigenvalue weighted by molar-refractivity contribution is 5.51. The zero-order chi connectivity index (χ0) is 33.3. The van der Waals surface area contributed by atoms with Crippen molar-refractivity contribution >= 4 is 0 Å². The lowest BCUT2D eigenvalue weighted by Crippen LogP contribution is -2.25. The van der Waals surface area contributed by atoms with Crippen LogP contribution in [0.1, 0.15) is 74.9 Å². The first-order chi connectivity index (χ1) is 22.6. The highest BCUT2D eigenvalue weighted by Crippen LogP contribution is 2.40. The van der Waals surface area contributed by atoms with Gasteiger partial charge in [-0.1, -0.05) is 191 Å². The van der Waals surface area contributed by atoms with Gasteiger partial charge in [-0.05, 0) is 59.4 Å². The molecule has 0 saturated heterocycles. The molecule has 0 saturated carbocycles. The van der Waals surface area contributed by atoms with Gasteiger partial charge in [0.05, 0.1) is 7.11 Å². The number of ether oxygens (including phenoxy) is 1. The molecule has 0 bridgehead atoms. The molecule has 0 radical (unpaired) electrons. The minimum absolute atomic E-state index is 0.121. The van der Waals surface area contributed by atoms with E-state index in [0.29, 0.717) is 0 Å². The van der Waals surface area contributed by atoms with E-state index in [1.165, 1.54) is 33.4 Å². The first-order valence-corrected chi connectivity index (χ1v) is 16.5. The van der Waals surface area contributed by atoms with Crippen LogP contribution in [0.4, 0.5) is 0 Å². The van der Waals surface area contributed by atoms with Gasteiger partial charge in [-0.2, -0.15) is 0 Å². The lowest BCUT2D eigenvalue weighted by molar-refractivity contribution is 0.414. The van der Waals surface area contributed by atoms with E-state index in [4.69, 9.17) is 4.74 Å². The van der Waals surface area contributed by atoms with Crippen LogP contribution >= 0.6 is 0 Å². The molecule has 0 amide bonds. The van der Waals surface area contributed by atoms with Gasteiger partial charge >= 0.3 is 0 Å². The molecule has 6 aromatic rings. The van der Waals surface area contributed by atoms with Crippen molar-refractivity contribution in [2.75, 3.05) is 7.11 Å². The second-order valence-corrected chi connectivity index (χ2v) is 10.8. The van der Waals surface area contributed by atoms with E-state index in [1.54, 1.807) is 7.11 Å². The quantitative estimate of drug-likeness (QED) is 0.164. The molecule has 0 unspecified atom stereocenters. The van der Waals surface area contributed by atoms with Gasteiger partial charge in [0.25, 0.3) is 0 Å². The molecular formula is C45H50O. The van der Waals surface area contributed by atoms with E-state index in [1.807, 2.05) is 39.8 Å². The van der Waals surface area contributed by atoms with Crippen LogP contribution in [0.2, 0.25) is 0 Å². The van der Waals surface area contributed by atoms with Crippen LogP contribution in [0.5, 0.6) is 5.75 Å². The van der Waals surface area contributed by atoms with E-state index >= 15 is 0 Å². The fourth-order valence-electron chi connectivity index (χ4n) is 5.78. The predicted octanol–water partition coefficient (Wildman–Crippen LogP) is 12.1. The van der Waals surface area contributed by atoms with E-state index in [2.05, 4.69) is 178 Å². The second-order valence-electron chi connectivity index (χ2n) is 10.8. The van der Waals surface area contributed by atoms with Gasteiger partial charge in [-0.25, -0.2) is 0 Å². The third-order valence-electron chi connectivity index (χ3n) is 8.42. The lowest BCUT2D eigenvalue weighted by atomic mass is 9.71. The Morgan fingerprint density at radius 3 is 0.696 bits per heavy atom. The fourth-order valence-corrected chi connectivity index (χ4v) is 5.78. The topological polar surface area (TPSA) is 9.23 Å². The zero-order valence-corrected chi connectivity index (χ0v) is 28.7. The van der Waals surface area contributed by atoms with Crippen LogP contribution in [-0.4, -0.2) is 7.11 Å². The number of hydrogen-bond donors (Lipinski definition) is 0. The smallest absolute Gasteiger partial charge is 0.118 e. The van der Waals surface area contributed by atoms with Gasteiger partial charge in [0, 0.05) is 10.8 Å². The summed E-state index contributed by atoms with van der Waals surface area (Å²) in [6.07, 6.45) is 0. The summed E-state index contributed by atoms with van der Waals surface area (Å²) in [7, 11) is 1.70. The summed E-state index contributed by atoms with van der Waals surface area (Å²) in [5.74, 6) is 0.882. The van der Waals surface area contributed by atoms with Crippen molar-refractivity contribution < 1.29 is 4.74 Å². The fraction of sp³-hybridized carbons (Fsp3) is 0.200. The Morgan fingerprint density at radius 1 is 0.304 bits per heavy atom. The molecule has 0 spiro atoms. The average molecular weight is 607 g/mol. The molecule has 236 valence electrons. The molecule has 6 aromatic carbocycles. The third kappa shape index (κ3) is 8.23. The zero-order valence-electron chi connectivity index (χ0n) is 28.7. The Bertz CT molecular complexity index is 1490.